The number of rotatable bonds is 3. The van der Waals surface area contributed by atoms with Gasteiger partial charge in [0.2, 0.25) is 0 Å². The van der Waals surface area contributed by atoms with Gasteiger partial charge < -0.3 is 4.74 Å². The molecule has 1 heterocycles. The Morgan fingerprint density at radius 3 is 2.39 bits per heavy atom. The lowest BCUT2D eigenvalue weighted by Crippen LogP contribution is -2.01. The van der Waals surface area contributed by atoms with Crippen molar-refractivity contribution in [3.05, 3.63) is 48.2 Å². The Labute approximate surface area is 110 Å². The number of methoxy groups -OCH3 is 1. The van der Waals surface area contributed by atoms with E-state index in [9.17, 15) is 4.79 Å². The number of hydrogen-bond donors (Lipinski definition) is 0. The van der Waals surface area contributed by atoms with E-state index < -0.39 is 0 Å². The van der Waals surface area contributed by atoms with Gasteiger partial charge in [0.15, 0.2) is 0 Å². The lowest BCUT2D eigenvalue weighted by atomic mass is 10.1. The Hall–Kier alpha value is -1.81. The fraction of sp³-hybridized carbons (Fsp3) is 0.143. The third-order valence-corrected chi connectivity index (χ3v) is 3.31. The minimum atomic E-state index is -0.369. The number of ether oxygens (including phenoxy) is 1. The van der Waals surface area contributed by atoms with Gasteiger partial charge in [0.25, 0.3) is 0 Å². The van der Waals surface area contributed by atoms with E-state index in [0.717, 1.165) is 11.3 Å². The third-order valence-electron chi connectivity index (χ3n) is 2.57. The van der Waals surface area contributed by atoms with Crippen LogP contribution in [-0.4, -0.2) is 24.3 Å². The van der Waals surface area contributed by atoms with Crippen LogP contribution in [0.15, 0.2) is 47.5 Å². The summed E-state index contributed by atoms with van der Waals surface area (Å²) in [5.41, 5.74) is 2.33. The largest absolute Gasteiger partial charge is 0.465 e. The van der Waals surface area contributed by atoms with Gasteiger partial charge >= 0.3 is 5.97 Å². The molecule has 0 unspecified atom stereocenters. The summed E-state index contributed by atoms with van der Waals surface area (Å²) < 4.78 is 4.63. The Bertz CT molecular complexity index is 535. The zero-order valence-corrected chi connectivity index (χ0v) is 11.0. The molecule has 0 amide bonds. The molecule has 3 nitrogen and oxygen atoms in total. The molecule has 0 aliphatic rings. The lowest BCUT2D eigenvalue weighted by Gasteiger charge is -2.03. The molecule has 4 heteroatoms. The first-order chi connectivity index (χ1) is 8.74. The molecule has 0 spiro atoms. The van der Waals surface area contributed by atoms with Gasteiger partial charge in [0.1, 0.15) is 0 Å². The molecule has 2 aromatic rings. The molecule has 92 valence electrons. The minimum absolute atomic E-state index is 0.369. The smallest absolute Gasteiger partial charge is 0.339 e. The normalized spacial score (nSPS) is 10.1. The molecule has 0 radical (unpaired) electrons. The lowest BCUT2D eigenvalue weighted by molar-refractivity contribution is 0.0600. The Morgan fingerprint density at radius 1 is 1.17 bits per heavy atom. The van der Waals surface area contributed by atoms with Crippen LogP contribution in [0.3, 0.4) is 0 Å². The van der Waals surface area contributed by atoms with Crippen LogP contribution in [0, 0.1) is 0 Å². The Kier molecular flexibility index (Phi) is 3.99. The van der Waals surface area contributed by atoms with E-state index in [2.05, 4.69) is 21.9 Å². The van der Waals surface area contributed by atoms with Crippen LogP contribution in [0.5, 0.6) is 0 Å². The molecule has 0 saturated heterocycles. The first-order valence-electron chi connectivity index (χ1n) is 5.43. The van der Waals surface area contributed by atoms with Crippen molar-refractivity contribution in [2.24, 2.45) is 0 Å². The van der Waals surface area contributed by atoms with E-state index in [4.69, 9.17) is 0 Å². The molecule has 2 rings (SSSR count). The number of thioether (sulfide) groups is 1. The molecular formula is C14H13NO2S. The fourth-order valence-corrected chi connectivity index (χ4v) is 1.97. The number of benzene rings is 1. The van der Waals surface area contributed by atoms with Crippen LogP contribution in [0.2, 0.25) is 0 Å². The zero-order chi connectivity index (χ0) is 13.0. The van der Waals surface area contributed by atoms with Crippen LogP contribution in [0.1, 0.15) is 10.4 Å². The molecule has 1 aromatic heterocycles. The van der Waals surface area contributed by atoms with E-state index in [1.54, 1.807) is 17.8 Å². The fourth-order valence-electron chi connectivity index (χ4n) is 1.57. The van der Waals surface area contributed by atoms with Crippen molar-refractivity contribution in [1.82, 2.24) is 4.98 Å². The molecule has 0 saturated carbocycles. The van der Waals surface area contributed by atoms with Gasteiger partial charge in [-0.2, -0.15) is 0 Å². The van der Waals surface area contributed by atoms with Crippen LogP contribution < -0.4 is 0 Å². The topological polar surface area (TPSA) is 39.2 Å². The van der Waals surface area contributed by atoms with Crippen molar-refractivity contribution in [3.63, 3.8) is 0 Å². The first-order valence-corrected chi connectivity index (χ1v) is 6.66. The second-order valence-electron chi connectivity index (χ2n) is 3.65. The maximum atomic E-state index is 11.3. The summed E-state index contributed by atoms with van der Waals surface area (Å²) in [5.74, 6) is -0.369. The minimum Gasteiger partial charge on any atom is -0.465 e. The van der Waals surface area contributed by atoms with Crippen molar-refractivity contribution in [3.8, 4) is 11.3 Å². The summed E-state index contributed by atoms with van der Waals surface area (Å²) in [6.45, 7) is 0. The highest BCUT2D eigenvalue weighted by Gasteiger charge is 2.06. The van der Waals surface area contributed by atoms with Crippen molar-refractivity contribution in [2.75, 3.05) is 13.4 Å². The number of pyridine rings is 1. The SMILES string of the molecule is COC(=O)c1ccc(-c2ccc(SC)cc2)nc1. The second kappa shape index (κ2) is 5.69. The Balaban J connectivity index is 2.25. The monoisotopic (exact) mass is 259 g/mol. The molecule has 0 atom stereocenters. The molecular weight excluding hydrogens is 246 g/mol. The highest BCUT2D eigenvalue weighted by molar-refractivity contribution is 7.98. The van der Waals surface area contributed by atoms with Gasteiger partial charge in [-0.05, 0) is 30.5 Å². The quantitative estimate of drug-likeness (QED) is 0.626. The van der Waals surface area contributed by atoms with Gasteiger partial charge in [0, 0.05) is 16.7 Å². The summed E-state index contributed by atoms with van der Waals surface area (Å²) in [6.07, 6.45) is 3.57. The average molecular weight is 259 g/mol. The number of hydrogen-bond acceptors (Lipinski definition) is 4. The van der Waals surface area contributed by atoms with E-state index in [1.165, 1.54) is 18.2 Å². The molecule has 0 aliphatic carbocycles. The van der Waals surface area contributed by atoms with E-state index in [-0.39, 0.29) is 5.97 Å². The second-order valence-corrected chi connectivity index (χ2v) is 4.53. The maximum Gasteiger partial charge on any atom is 0.339 e. The predicted molar refractivity (Wildman–Crippen MR) is 72.8 cm³/mol. The number of carbonyl (C=O) groups excluding carboxylic acids is 1. The van der Waals surface area contributed by atoms with E-state index in [1.807, 2.05) is 24.5 Å². The summed E-state index contributed by atoms with van der Waals surface area (Å²) in [7, 11) is 1.36. The number of esters is 1. The van der Waals surface area contributed by atoms with E-state index in [0.29, 0.717) is 5.56 Å². The third kappa shape index (κ3) is 2.71. The van der Waals surface area contributed by atoms with Crippen LogP contribution >= 0.6 is 11.8 Å². The average Bonchev–Trinajstić information content (AvgIpc) is 2.47. The van der Waals surface area contributed by atoms with Gasteiger partial charge in [-0.3, -0.25) is 4.98 Å². The van der Waals surface area contributed by atoms with Crippen molar-refractivity contribution < 1.29 is 9.53 Å². The molecule has 0 bridgehead atoms. The van der Waals surface area contributed by atoms with Crippen molar-refractivity contribution >= 4 is 17.7 Å². The standard InChI is InChI=1S/C14H13NO2S/c1-17-14(16)11-5-8-13(15-9-11)10-3-6-12(18-2)7-4-10/h3-9H,1-2H3. The highest BCUT2D eigenvalue weighted by atomic mass is 32.2. The predicted octanol–water partition coefficient (Wildman–Crippen LogP) is 3.26. The van der Waals surface area contributed by atoms with E-state index >= 15 is 0 Å². The Morgan fingerprint density at radius 2 is 1.89 bits per heavy atom. The molecule has 1 aromatic carbocycles. The first kappa shape index (κ1) is 12.6. The number of carbonyl (C=O) groups is 1. The molecule has 0 N–H and O–H groups in total. The van der Waals surface area contributed by atoms with Crippen LogP contribution in [0.4, 0.5) is 0 Å². The summed E-state index contributed by atoms with van der Waals surface area (Å²) in [4.78, 5) is 16.8. The number of aromatic nitrogens is 1. The summed E-state index contributed by atoms with van der Waals surface area (Å²) in [5, 5.41) is 0. The van der Waals surface area contributed by atoms with Crippen LogP contribution in [-0.2, 0) is 4.74 Å². The summed E-state index contributed by atoms with van der Waals surface area (Å²) >= 11 is 1.70. The van der Waals surface area contributed by atoms with Crippen molar-refractivity contribution in [1.29, 1.82) is 0 Å². The highest BCUT2D eigenvalue weighted by Crippen LogP contribution is 2.21. The molecule has 18 heavy (non-hydrogen) atoms. The molecule has 0 fully saturated rings. The number of nitrogens with zero attached hydrogens (tertiary/aromatic N) is 1. The van der Waals surface area contributed by atoms with Crippen LogP contribution in [0.25, 0.3) is 11.3 Å². The van der Waals surface area contributed by atoms with Gasteiger partial charge in [-0.15, -0.1) is 11.8 Å². The molecule has 0 aliphatic heterocycles. The van der Waals surface area contributed by atoms with Crippen molar-refractivity contribution in [2.45, 2.75) is 4.90 Å². The van der Waals surface area contributed by atoms with Gasteiger partial charge in [-0.25, -0.2) is 4.79 Å². The van der Waals surface area contributed by atoms with Gasteiger partial charge in [0.05, 0.1) is 18.4 Å². The maximum absolute atomic E-state index is 11.3. The zero-order valence-electron chi connectivity index (χ0n) is 10.2. The summed E-state index contributed by atoms with van der Waals surface area (Å²) in [6, 6.07) is 11.7. The van der Waals surface area contributed by atoms with Gasteiger partial charge in [-0.1, -0.05) is 12.1 Å².